The molecule has 0 unspecified atom stereocenters. The molecule has 2 aromatic carbocycles. The number of aromatic nitrogens is 1. The summed E-state index contributed by atoms with van der Waals surface area (Å²) in [7, 11) is 0. The first-order valence-corrected chi connectivity index (χ1v) is 8.71. The van der Waals surface area contributed by atoms with Crippen LogP contribution in [0, 0.1) is 13.8 Å². The molecule has 2 N–H and O–H groups in total. The van der Waals surface area contributed by atoms with Gasteiger partial charge >= 0.3 is 0 Å². The van der Waals surface area contributed by atoms with Gasteiger partial charge in [0.1, 0.15) is 11.4 Å². The summed E-state index contributed by atoms with van der Waals surface area (Å²) in [5.74, 6) is -0.671. The Labute approximate surface area is 158 Å². The van der Waals surface area contributed by atoms with Gasteiger partial charge in [0.25, 0.3) is 11.8 Å². The third kappa shape index (κ3) is 4.79. The fraction of sp³-hybridized carbons (Fsp3) is 0.136. The summed E-state index contributed by atoms with van der Waals surface area (Å²) in [6, 6.07) is 20.1. The van der Waals surface area contributed by atoms with E-state index in [4.69, 9.17) is 0 Å². The number of hydrogen-bond acceptors (Lipinski definition) is 3. The van der Waals surface area contributed by atoms with E-state index in [1.165, 1.54) is 0 Å². The summed E-state index contributed by atoms with van der Waals surface area (Å²) >= 11 is 0. The van der Waals surface area contributed by atoms with Crippen molar-refractivity contribution in [3.05, 3.63) is 94.8 Å². The molecular formula is C22H21N3O2. The Morgan fingerprint density at radius 1 is 0.815 bits per heavy atom. The van der Waals surface area contributed by atoms with Crippen molar-refractivity contribution in [2.45, 2.75) is 20.4 Å². The summed E-state index contributed by atoms with van der Waals surface area (Å²) in [6.07, 6.45) is 0. The topological polar surface area (TPSA) is 71.1 Å². The van der Waals surface area contributed by atoms with Crippen molar-refractivity contribution >= 4 is 17.5 Å². The highest BCUT2D eigenvalue weighted by molar-refractivity contribution is 6.03. The largest absolute Gasteiger partial charge is 0.347 e. The molecule has 3 aromatic rings. The van der Waals surface area contributed by atoms with Crippen LogP contribution in [0.1, 0.15) is 37.7 Å². The van der Waals surface area contributed by atoms with Crippen LogP contribution in [-0.4, -0.2) is 16.8 Å². The van der Waals surface area contributed by atoms with E-state index < -0.39 is 0 Å². The van der Waals surface area contributed by atoms with Crippen LogP contribution in [0.2, 0.25) is 0 Å². The van der Waals surface area contributed by atoms with Crippen molar-refractivity contribution in [1.82, 2.24) is 10.3 Å². The zero-order valence-electron chi connectivity index (χ0n) is 15.3. The summed E-state index contributed by atoms with van der Waals surface area (Å²) in [4.78, 5) is 29.0. The maximum absolute atomic E-state index is 12.5. The Balaban J connectivity index is 1.67. The second-order valence-corrected chi connectivity index (χ2v) is 6.33. The van der Waals surface area contributed by atoms with Gasteiger partial charge in [-0.25, -0.2) is 4.98 Å². The van der Waals surface area contributed by atoms with E-state index in [2.05, 4.69) is 15.6 Å². The zero-order valence-corrected chi connectivity index (χ0v) is 15.3. The number of anilines is 1. The van der Waals surface area contributed by atoms with E-state index in [0.717, 1.165) is 16.7 Å². The molecule has 0 fully saturated rings. The molecule has 0 aliphatic heterocycles. The van der Waals surface area contributed by atoms with Crippen LogP contribution < -0.4 is 10.6 Å². The normalized spacial score (nSPS) is 10.3. The minimum absolute atomic E-state index is 0.195. The second-order valence-electron chi connectivity index (χ2n) is 6.33. The van der Waals surface area contributed by atoms with Gasteiger partial charge in [-0.1, -0.05) is 42.5 Å². The summed E-state index contributed by atoms with van der Waals surface area (Å²) in [6.45, 7) is 4.40. The molecule has 0 aliphatic carbocycles. The average molecular weight is 359 g/mol. The van der Waals surface area contributed by atoms with E-state index in [9.17, 15) is 9.59 Å². The standard InChI is InChI=1S/C22H21N3O2/c1-15-11-12-18(13-16(15)2)24-22(27)20-10-6-9-19(25-20)21(26)23-14-17-7-4-3-5-8-17/h3-13H,14H2,1-2H3,(H,23,26)(H,24,27). The first-order valence-electron chi connectivity index (χ1n) is 8.71. The predicted molar refractivity (Wildman–Crippen MR) is 106 cm³/mol. The molecule has 0 atom stereocenters. The zero-order chi connectivity index (χ0) is 19.2. The summed E-state index contributed by atoms with van der Waals surface area (Å²) < 4.78 is 0. The molecule has 0 bridgehead atoms. The number of pyridine rings is 1. The lowest BCUT2D eigenvalue weighted by atomic mass is 10.1. The molecule has 0 spiro atoms. The number of benzene rings is 2. The van der Waals surface area contributed by atoms with Crippen LogP contribution in [0.15, 0.2) is 66.7 Å². The quantitative estimate of drug-likeness (QED) is 0.726. The van der Waals surface area contributed by atoms with Crippen LogP contribution in [0.3, 0.4) is 0 Å². The first kappa shape index (κ1) is 18.3. The molecule has 0 saturated carbocycles. The molecule has 0 saturated heterocycles. The Morgan fingerprint density at radius 3 is 2.22 bits per heavy atom. The van der Waals surface area contributed by atoms with Crippen molar-refractivity contribution in [1.29, 1.82) is 0 Å². The fourth-order valence-corrected chi connectivity index (χ4v) is 2.57. The number of rotatable bonds is 5. The summed E-state index contributed by atoms with van der Waals surface area (Å²) in [5, 5.41) is 5.63. The molecular weight excluding hydrogens is 338 g/mol. The maximum Gasteiger partial charge on any atom is 0.274 e. The SMILES string of the molecule is Cc1ccc(NC(=O)c2cccc(C(=O)NCc3ccccc3)n2)cc1C. The van der Waals surface area contributed by atoms with E-state index in [0.29, 0.717) is 12.2 Å². The molecule has 5 nitrogen and oxygen atoms in total. The lowest BCUT2D eigenvalue weighted by Crippen LogP contribution is -2.25. The molecule has 1 heterocycles. The van der Waals surface area contributed by atoms with Gasteiger partial charge in [-0.3, -0.25) is 9.59 Å². The predicted octanol–water partition coefficient (Wildman–Crippen LogP) is 3.88. The summed E-state index contributed by atoms with van der Waals surface area (Å²) in [5.41, 5.74) is 4.34. The second kappa shape index (κ2) is 8.27. The van der Waals surface area contributed by atoms with Crippen molar-refractivity contribution in [3.8, 4) is 0 Å². The van der Waals surface area contributed by atoms with E-state index in [1.54, 1.807) is 18.2 Å². The minimum atomic E-state index is -0.351. The van der Waals surface area contributed by atoms with Gasteiger partial charge in [-0.05, 0) is 54.8 Å². The number of carbonyl (C=O) groups is 2. The number of carbonyl (C=O) groups excluding carboxylic acids is 2. The van der Waals surface area contributed by atoms with E-state index in [1.807, 2.05) is 62.4 Å². The highest BCUT2D eigenvalue weighted by Gasteiger charge is 2.13. The highest BCUT2D eigenvalue weighted by Crippen LogP contribution is 2.15. The van der Waals surface area contributed by atoms with Gasteiger partial charge in [0.05, 0.1) is 0 Å². The van der Waals surface area contributed by atoms with Crippen molar-refractivity contribution in [3.63, 3.8) is 0 Å². The van der Waals surface area contributed by atoms with Gasteiger partial charge < -0.3 is 10.6 Å². The van der Waals surface area contributed by atoms with Gasteiger partial charge in [-0.2, -0.15) is 0 Å². The van der Waals surface area contributed by atoms with Crippen LogP contribution >= 0.6 is 0 Å². The fourth-order valence-electron chi connectivity index (χ4n) is 2.57. The Bertz CT molecular complexity index is 968. The number of hydrogen-bond donors (Lipinski definition) is 2. The van der Waals surface area contributed by atoms with E-state index >= 15 is 0 Å². The maximum atomic E-state index is 12.5. The van der Waals surface area contributed by atoms with Crippen LogP contribution in [0.25, 0.3) is 0 Å². The first-order chi connectivity index (χ1) is 13.0. The van der Waals surface area contributed by atoms with Crippen molar-refractivity contribution < 1.29 is 9.59 Å². The van der Waals surface area contributed by atoms with Crippen molar-refractivity contribution in [2.24, 2.45) is 0 Å². The molecule has 136 valence electrons. The molecule has 0 aliphatic rings. The third-order valence-corrected chi connectivity index (χ3v) is 4.28. The Kier molecular flexibility index (Phi) is 5.61. The molecule has 3 rings (SSSR count). The lowest BCUT2D eigenvalue weighted by molar-refractivity contribution is 0.0945. The molecule has 5 heteroatoms. The average Bonchev–Trinajstić information content (AvgIpc) is 2.70. The smallest absolute Gasteiger partial charge is 0.274 e. The van der Waals surface area contributed by atoms with Gasteiger partial charge in [0.2, 0.25) is 0 Å². The Hall–Kier alpha value is -3.47. The number of nitrogens with zero attached hydrogens (tertiary/aromatic N) is 1. The number of aryl methyl sites for hydroxylation is 2. The van der Waals surface area contributed by atoms with Gasteiger partial charge in [-0.15, -0.1) is 0 Å². The molecule has 1 aromatic heterocycles. The lowest BCUT2D eigenvalue weighted by Gasteiger charge is -2.09. The van der Waals surface area contributed by atoms with Gasteiger partial charge in [0, 0.05) is 12.2 Å². The highest BCUT2D eigenvalue weighted by atomic mass is 16.2. The van der Waals surface area contributed by atoms with Crippen LogP contribution in [0.4, 0.5) is 5.69 Å². The number of amides is 2. The third-order valence-electron chi connectivity index (χ3n) is 4.28. The molecule has 27 heavy (non-hydrogen) atoms. The van der Waals surface area contributed by atoms with Crippen LogP contribution in [-0.2, 0) is 6.54 Å². The van der Waals surface area contributed by atoms with Crippen LogP contribution in [0.5, 0.6) is 0 Å². The Morgan fingerprint density at radius 2 is 1.52 bits per heavy atom. The van der Waals surface area contributed by atoms with Gasteiger partial charge in [0.15, 0.2) is 0 Å². The molecule has 2 amide bonds. The molecule has 0 radical (unpaired) electrons. The van der Waals surface area contributed by atoms with E-state index in [-0.39, 0.29) is 23.2 Å². The van der Waals surface area contributed by atoms with Crippen molar-refractivity contribution in [2.75, 3.05) is 5.32 Å². The monoisotopic (exact) mass is 359 g/mol. The number of nitrogens with one attached hydrogen (secondary N) is 2. The minimum Gasteiger partial charge on any atom is -0.347 e.